The number of aliphatic hydroxyl groups excluding tert-OH is 1. The Morgan fingerprint density at radius 1 is 1.53 bits per heavy atom. The molecule has 0 aliphatic heterocycles. The Morgan fingerprint density at radius 3 is 2.47 bits per heavy atom. The molecule has 0 aliphatic carbocycles. The summed E-state index contributed by atoms with van der Waals surface area (Å²) in [5.74, 6) is -1.80. The maximum atomic E-state index is 11.2. The minimum absolute atomic E-state index is 0.0310. The SMILES string of the molecule is COC(CN)CC(=O)NC(CO)C(=O)O. The number of nitrogens with one attached hydrogen (secondary N) is 1. The van der Waals surface area contributed by atoms with E-state index < -0.39 is 30.6 Å². The number of amides is 1. The highest BCUT2D eigenvalue weighted by atomic mass is 16.5. The highest BCUT2D eigenvalue weighted by Gasteiger charge is 2.20. The zero-order valence-corrected chi connectivity index (χ0v) is 8.47. The van der Waals surface area contributed by atoms with Gasteiger partial charge in [0.15, 0.2) is 0 Å². The highest BCUT2D eigenvalue weighted by Crippen LogP contribution is 1.95. The molecule has 0 saturated heterocycles. The lowest BCUT2D eigenvalue weighted by atomic mass is 10.2. The van der Waals surface area contributed by atoms with E-state index in [1.807, 2.05) is 0 Å². The summed E-state index contributed by atoms with van der Waals surface area (Å²) in [5, 5.41) is 19.3. The van der Waals surface area contributed by atoms with Gasteiger partial charge >= 0.3 is 5.97 Å². The van der Waals surface area contributed by atoms with Crippen molar-refractivity contribution in [1.29, 1.82) is 0 Å². The number of nitrogens with two attached hydrogens (primary N) is 1. The number of carbonyl (C=O) groups excluding carboxylic acids is 1. The lowest BCUT2D eigenvalue weighted by molar-refractivity contribution is -0.143. The maximum Gasteiger partial charge on any atom is 0.328 e. The second kappa shape index (κ2) is 7.16. The van der Waals surface area contributed by atoms with E-state index in [1.54, 1.807) is 0 Å². The zero-order valence-electron chi connectivity index (χ0n) is 8.47. The second-order valence-electron chi connectivity index (χ2n) is 2.94. The van der Waals surface area contributed by atoms with E-state index in [-0.39, 0.29) is 13.0 Å². The maximum absolute atomic E-state index is 11.2. The van der Waals surface area contributed by atoms with Crippen molar-refractivity contribution in [2.24, 2.45) is 5.73 Å². The van der Waals surface area contributed by atoms with Gasteiger partial charge in [0.1, 0.15) is 6.04 Å². The molecule has 0 rings (SSSR count). The molecule has 0 fully saturated rings. The minimum Gasteiger partial charge on any atom is -0.480 e. The monoisotopic (exact) mass is 220 g/mol. The van der Waals surface area contributed by atoms with Gasteiger partial charge in [-0.05, 0) is 0 Å². The first-order chi connectivity index (χ1) is 7.04. The molecule has 2 unspecified atom stereocenters. The van der Waals surface area contributed by atoms with E-state index in [2.05, 4.69) is 5.32 Å². The summed E-state index contributed by atoms with van der Waals surface area (Å²) in [7, 11) is 1.41. The van der Waals surface area contributed by atoms with Crippen molar-refractivity contribution in [3.05, 3.63) is 0 Å². The van der Waals surface area contributed by atoms with Gasteiger partial charge in [-0.3, -0.25) is 4.79 Å². The molecule has 0 radical (unpaired) electrons. The standard InChI is InChI=1S/C8H16N2O5/c1-15-5(3-9)2-7(12)10-6(4-11)8(13)14/h5-6,11H,2-4,9H2,1H3,(H,10,12)(H,13,14). The van der Waals surface area contributed by atoms with Crippen LogP contribution >= 0.6 is 0 Å². The number of ether oxygens (including phenoxy) is 1. The van der Waals surface area contributed by atoms with E-state index >= 15 is 0 Å². The van der Waals surface area contributed by atoms with Gasteiger partial charge in [-0.15, -0.1) is 0 Å². The second-order valence-corrected chi connectivity index (χ2v) is 2.94. The van der Waals surface area contributed by atoms with Crippen LogP contribution in [0.5, 0.6) is 0 Å². The van der Waals surface area contributed by atoms with Gasteiger partial charge in [-0.25, -0.2) is 4.79 Å². The number of carboxylic acid groups (broad SMARTS) is 1. The van der Waals surface area contributed by atoms with Crippen molar-refractivity contribution in [1.82, 2.24) is 5.32 Å². The first kappa shape index (κ1) is 13.8. The molecule has 0 aromatic carbocycles. The summed E-state index contributed by atoms with van der Waals surface area (Å²) < 4.78 is 4.85. The molecule has 7 nitrogen and oxygen atoms in total. The predicted octanol–water partition coefficient (Wildman–Crippen LogP) is -2.09. The van der Waals surface area contributed by atoms with Crippen LogP contribution in [0.1, 0.15) is 6.42 Å². The van der Waals surface area contributed by atoms with E-state index in [0.717, 1.165) is 0 Å². The highest BCUT2D eigenvalue weighted by molar-refractivity contribution is 5.83. The van der Waals surface area contributed by atoms with Crippen molar-refractivity contribution in [2.75, 3.05) is 20.3 Å². The van der Waals surface area contributed by atoms with Crippen LogP contribution in [-0.4, -0.2) is 54.5 Å². The molecule has 0 saturated carbocycles. The molecule has 7 heteroatoms. The number of aliphatic carboxylic acids is 1. The third-order valence-corrected chi connectivity index (χ3v) is 1.83. The third kappa shape index (κ3) is 5.31. The van der Waals surface area contributed by atoms with Crippen LogP contribution in [0.3, 0.4) is 0 Å². The molecule has 1 amide bonds. The molecule has 2 atom stereocenters. The van der Waals surface area contributed by atoms with Gasteiger partial charge < -0.3 is 26.0 Å². The van der Waals surface area contributed by atoms with Gasteiger partial charge in [-0.2, -0.15) is 0 Å². The summed E-state index contributed by atoms with van der Waals surface area (Å²) in [6.45, 7) is -0.484. The molecule has 0 aromatic rings. The average molecular weight is 220 g/mol. The Kier molecular flexibility index (Phi) is 6.59. The Morgan fingerprint density at radius 2 is 2.13 bits per heavy atom. The fourth-order valence-electron chi connectivity index (χ4n) is 0.908. The topological polar surface area (TPSA) is 122 Å². The van der Waals surface area contributed by atoms with Gasteiger partial charge in [0, 0.05) is 13.7 Å². The normalized spacial score (nSPS) is 14.3. The van der Waals surface area contributed by atoms with Crippen LogP contribution in [-0.2, 0) is 14.3 Å². The van der Waals surface area contributed by atoms with Gasteiger partial charge in [0.2, 0.25) is 5.91 Å². The van der Waals surface area contributed by atoms with Crippen molar-refractivity contribution < 1.29 is 24.5 Å². The van der Waals surface area contributed by atoms with Gasteiger partial charge in [0.25, 0.3) is 0 Å². The lowest BCUT2D eigenvalue weighted by Gasteiger charge is -2.15. The van der Waals surface area contributed by atoms with Crippen LogP contribution in [0, 0.1) is 0 Å². The van der Waals surface area contributed by atoms with E-state index in [9.17, 15) is 9.59 Å². The number of methoxy groups -OCH3 is 1. The van der Waals surface area contributed by atoms with Gasteiger partial charge in [0.05, 0.1) is 19.1 Å². The largest absolute Gasteiger partial charge is 0.480 e. The number of rotatable bonds is 7. The Balaban J connectivity index is 4.06. The number of aliphatic hydroxyl groups is 1. The molecule has 0 heterocycles. The van der Waals surface area contributed by atoms with Crippen molar-refractivity contribution in [2.45, 2.75) is 18.6 Å². The van der Waals surface area contributed by atoms with Crippen molar-refractivity contribution >= 4 is 11.9 Å². The number of hydrogen-bond acceptors (Lipinski definition) is 5. The fraction of sp³-hybridized carbons (Fsp3) is 0.750. The fourth-order valence-corrected chi connectivity index (χ4v) is 0.908. The molecule has 0 aliphatic rings. The first-order valence-corrected chi connectivity index (χ1v) is 4.41. The quantitative estimate of drug-likeness (QED) is 0.390. The zero-order chi connectivity index (χ0) is 11.8. The third-order valence-electron chi connectivity index (χ3n) is 1.83. The molecular weight excluding hydrogens is 204 g/mol. The van der Waals surface area contributed by atoms with E-state index in [1.165, 1.54) is 7.11 Å². The van der Waals surface area contributed by atoms with Crippen molar-refractivity contribution in [3.8, 4) is 0 Å². The van der Waals surface area contributed by atoms with Crippen molar-refractivity contribution in [3.63, 3.8) is 0 Å². The molecule has 0 spiro atoms. The molecule has 0 bridgehead atoms. The predicted molar refractivity (Wildman–Crippen MR) is 51.1 cm³/mol. The Labute approximate surface area is 87.2 Å². The van der Waals surface area contributed by atoms with E-state index in [0.29, 0.717) is 0 Å². The van der Waals surface area contributed by atoms with Crippen LogP contribution < -0.4 is 11.1 Å². The first-order valence-electron chi connectivity index (χ1n) is 4.41. The number of hydrogen-bond donors (Lipinski definition) is 4. The molecular formula is C8H16N2O5. The summed E-state index contributed by atoms with van der Waals surface area (Å²) >= 11 is 0. The van der Waals surface area contributed by atoms with Crippen LogP contribution in [0.15, 0.2) is 0 Å². The molecule has 15 heavy (non-hydrogen) atoms. The van der Waals surface area contributed by atoms with Crippen LogP contribution in [0.2, 0.25) is 0 Å². The molecule has 0 aromatic heterocycles. The Hall–Kier alpha value is -1.18. The lowest BCUT2D eigenvalue weighted by Crippen LogP contribution is -2.44. The smallest absolute Gasteiger partial charge is 0.328 e. The summed E-state index contributed by atoms with van der Waals surface area (Å²) in [5.41, 5.74) is 5.28. The Bertz CT molecular complexity index is 217. The van der Waals surface area contributed by atoms with Crippen LogP contribution in [0.25, 0.3) is 0 Å². The number of carboxylic acids is 1. The summed E-state index contributed by atoms with van der Waals surface area (Å²) in [6.07, 6.45) is -0.477. The van der Waals surface area contributed by atoms with E-state index in [4.69, 9.17) is 20.7 Å². The summed E-state index contributed by atoms with van der Waals surface area (Å²) in [6, 6.07) is -1.28. The molecule has 5 N–H and O–H groups in total. The van der Waals surface area contributed by atoms with Gasteiger partial charge in [-0.1, -0.05) is 0 Å². The summed E-state index contributed by atoms with van der Waals surface area (Å²) in [4.78, 5) is 21.7. The molecule has 88 valence electrons. The average Bonchev–Trinajstić information content (AvgIpc) is 2.22. The number of carbonyl (C=O) groups is 2. The van der Waals surface area contributed by atoms with Crippen LogP contribution in [0.4, 0.5) is 0 Å². The minimum atomic E-state index is -1.28.